The Labute approximate surface area is 192 Å². The Morgan fingerprint density at radius 3 is 2.48 bits per heavy atom. The first-order valence-electron chi connectivity index (χ1n) is 11.1. The van der Waals surface area contributed by atoms with Gasteiger partial charge in [0.15, 0.2) is 11.5 Å². The van der Waals surface area contributed by atoms with Gasteiger partial charge in [0.05, 0.1) is 25.6 Å². The van der Waals surface area contributed by atoms with Crippen molar-refractivity contribution in [3.63, 3.8) is 0 Å². The molecule has 174 valence electrons. The van der Waals surface area contributed by atoms with Crippen molar-refractivity contribution in [1.82, 2.24) is 10.2 Å². The van der Waals surface area contributed by atoms with Gasteiger partial charge in [0.25, 0.3) is 0 Å². The molecule has 2 aromatic carbocycles. The third-order valence-electron chi connectivity index (χ3n) is 6.59. The molecule has 0 radical (unpaired) electrons. The normalized spacial score (nSPS) is 26.4. The summed E-state index contributed by atoms with van der Waals surface area (Å²) in [6.45, 7) is 3.82. The molecule has 4 rings (SSSR count). The number of carbonyl (C=O) groups excluding carboxylic acids is 3. The second-order valence-electron chi connectivity index (χ2n) is 8.33. The molecule has 0 saturated carbocycles. The monoisotopic (exact) mass is 452 g/mol. The fourth-order valence-corrected chi connectivity index (χ4v) is 5.15. The molecule has 8 heteroatoms. The zero-order valence-corrected chi connectivity index (χ0v) is 18.9. The van der Waals surface area contributed by atoms with Crippen LogP contribution in [0.15, 0.2) is 48.5 Å². The molecule has 2 heterocycles. The summed E-state index contributed by atoms with van der Waals surface area (Å²) < 4.78 is 10.7. The number of rotatable bonds is 7. The molecule has 2 aliphatic rings. The summed E-state index contributed by atoms with van der Waals surface area (Å²) >= 11 is 0. The Kier molecular flexibility index (Phi) is 6.12. The number of imide groups is 1. The Hall–Kier alpha value is -3.39. The maximum atomic E-state index is 13.5. The average molecular weight is 453 g/mol. The van der Waals surface area contributed by atoms with E-state index in [1.54, 1.807) is 26.0 Å². The Morgan fingerprint density at radius 2 is 1.85 bits per heavy atom. The van der Waals surface area contributed by atoms with Crippen molar-refractivity contribution in [1.29, 1.82) is 0 Å². The van der Waals surface area contributed by atoms with Crippen LogP contribution in [0.25, 0.3) is 0 Å². The molecule has 2 amide bonds. The van der Waals surface area contributed by atoms with E-state index in [9.17, 15) is 19.5 Å². The SMILES string of the molecule is CCOC(=O)[C@]1(Cc2ccccc2)N[C@H](c2ccc(O)c(OC)c2)[C@@H]2C(=O)N(CC)C(=O)[C@@H]21. The van der Waals surface area contributed by atoms with Crippen molar-refractivity contribution in [2.45, 2.75) is 31.8 Å². The van der Waals surface area contributed by atoms with E-state index in [0.29, 0.717) is 5.56 Å². The molecular formula is C25H28N2O6. The molecule has 2 aliphatic heterocycles. The summed E-state index contributed by atoms with van der Waals surface area (Å²) in [6, 6.07) is 13.5. The van der Waals surface area contributed by atoms with Gasteiger partial charge in [-0.15, -0.1) is 0 Å². The minimum atomic E-state index is -1.42. The van der Waals surface area contributed by atoms with Gasteiger partial charge in [-0.2, -0.15) is 0 Å². The van der Waals surface area contributed by atoms with Crippen LogP contribution >= 0.6 is 0 Å². The van der Waals surface area contributed by atoms with Crippen LogP contribution in [0.2, 0.25) is 0 Å². The van der Waals surface area contributed by atoms with Crippen molar-refractivity contribution in [2.24, 2.45) is 11.8 Å². The summed E-state index contributed by atoms with van der Waals surface area (Å²) in [5.74, 6) is -2.77. The topological polar surface area (TPSA) is 105 Å². The Morgan fingerprint density at radius 1 is 1.12 bits per heavy atom. The fourth-order valence-electron chi connectivity index (χ4n) is 5.15. The van der Waals surface area contributed by atoms with Gasteiger partial charge >= 0.3 is 5.97 Å². The summed E-state index contributed by atoms with van der Waals surface area (Å²) in [5.41, 5.74) is 0.0583. The van der Waals surface area contributed by atoms with Crippen LogP contribution in [0.3, 0.4) is 0 Å². The number of carbonyl (C=O) groups is 3. The predicted molar refractivity (Wildman–Crippen MR) is 119 cm³/mol. The molecule has 2 saturated heterocycles. The number of ether oxygens (including phenoxy) is 2. The van der Waals surface area contributed by atoms with E-state index in [1.165, 1.54) is 18.1 Å². The lowest BCUT2D eigenvalue weighted by molar-refractivity contribution is -0.156. The highest BCUT2D eigenvalue weighted by Crippen LogP contribution is 2.51. The van der Waals surface area contributed by atoms with E-state index in [0.717, 1.165) is 5.56 Å². The Bertz CT molecular complexity index is 1070. The number of amides is 2. The number of phenols is 1. The minimum absolute atomic E-state index is 0.0410. The van der Waals surface area contributed by atoms with Gasteiger partial charge in [0.2, 0.25) is 11.8 Å². The summed E-state index contributed by atoms with van der Waals surface area (Å²) in [5, 5.41) is 13.4. The van der Waals surface area contributed by atoms with Crippen LogP contribution in [-0.4, -0.2) is 53.6 Å². The molecule has 0 aromatic heterocycles. The quantitative estimate of drug-likeness (QED) is 0.490. The van der Waals surface area contributed by atoms with E-state index in [2.05, 4.69) is 5.32 Å². The number of hydrogen-bond donors (Lipinski definition) is 2. The van der Waals surface area contributed by atoms with Gasteiger partial charge in [-0.3, -0.25) is 24.6 Å². The van der Waals surface area contributed by atoms with Gasteiger partial charge < -0.3 is 14.6 Å². The summed E-state index contributed by atoms with van der Waals surface area (Å²) in [6.07, 6.45) is 0.191. The first kappa shape index (κ1) is 22.8. The number of nitrogens with one attached hydrogen (secondary N) is 1. The van der Waals surface area contributed by atoms with E-state index in [1.807, 2.05) is 30.3 Å². The van der Waals surface area contributed by atoms with Gasteiger partial charge in [-0.25, -0.2) is 0 Å². The second-order valence-corrected chi connectivity index (χ2v) is 8.33. The molecule has 0 aliphatic carbocycles. The molecule has 0 bridgehead atoms. The number of methoxy groups -OCH3 is 1. The molecule has 8 nitrogen and oxygen atoms in total. The third-order valence-corrected chi connectivity index (χ3v) is 6.59. The molecule has 0 unspecified atom stereocenters. The van der Waals surface area contributed by atoms with Crippen LogP contribution in [0, 0.1) is 11.8 Å². The third kappa shape index (κ3) is 3.64. The zero-order valence-electron chi connectivity index (χ0n) is 18.9. The lowest BCUT2D eigenvalue weighted by Crippen LogP contribution is -2.58. The highest BCUT2D eigenvalue weighted by molar-refractivity contribution is 6.09. The average Bonchev–Trinajstić information content (AvgIpc) is 3.29. The molecule has 2 fully saturated rings. The first-order valence-corrected chi connectivity index (χ1v) is 11.1. The van der Waals surface area contributed by atoms with E-state index in [4.69, 9.17) is 9.47 Å². The number of fused-ring (bicyclic) bond motifs is 1. The lowest BCUT2D eigenvalue weighted by atomic mass is 9.76. The number of esters is 1. The van der Waals surface area contributed by atoms with Crippen molar-refractivity contribution < 1.29 is 29.0 Å². The second kappa shape index (κ2) is 8.86. The molecule has 33 heavy (non-hydrogen) atoms. The molecule has 2 aromatic rings. The molecule has 4 atom stereocenters. The van der Waals surface area contributed by atoms with Crippen LogP contribution in [0.5, 0.6) is 11.5 Å². The number of likely N-dealkylation sites (tertiary alicyclic amines) is 1. The molecule has 0 spiro atoms. The summed E-state index contributed by atoms with van der Waals surface area (Å²) in [7, 11) is 1.44. The molecule has 2 N–H and O–H groups in total. The molecular weight excluding hydrogens is 424 g/mol. The largest absolute Gasteiger partial charge is 0.504 e. The van der Waals surface area contributed by atoms with Crippen LogP contribution in [-0.2, 0) is 25.5 Å². The number of phenolic OH excluding ortho intramolecular Hbond substituents is 1. The summed E-state index contributed by atoms with van der Waals surface area (Å²) in [4.78, 5) is 41.6. The number of hydrogen-bond acceptors (Lipinski definition) is 7. The van der Waals surface area contributed by atoms with Gasteiger partial charge in [-0.1, -0.05) is 36.4 Å². The van der Waals surface area contributed by atoms with E-state index >= 15 is 0 Å². The first-order chi connectivity index (χ1) is 15.9. The van der Waals surface area contributed by atoms with Crippen LogP contribution < -0.4 is 10.1 Å². The number of aromatic hydroxyl groups is 1. The van der Waals surface area contributed by atoms with Crippen molar-refractivity contribution in [2.75, 3.05) is 20.3 Å². The van der Waals surface area contributed by atoms with Crippen LogP contribution in [0.1, 0.15) is 31.0 Å². The standard InChI is InChI=1S/C25H28N2O6/c1-4-27-22(29)19-20(23(27)30)25(24(31)33-5-2,14-15-9-7-6-8-10-15)26-21(19)16-11-12-17(28)18(13-16)32-3/h6-13,19-21,26,28H,4-5,14H2,1-3H3/t19-,20-,21-,25-/m1/s1. The maximum absolute atomic E-state index is 13.5. The van der Waals surface area contributed by atoms with Gasteiger partial charge in [0.1, 0.15) is 5.54 Å². The van der Waals surface area contributed by atoms with Crippen molar-refractivity contribution in [3.8, 4) is 11.5 Å². The van der Waals surface area contributed by atoms with Gasteiger partial charge in [-0.05, 0) is 37.1 Å². The maximum Gasteiger partial charge on any atom is 0.327 e. The highest BCUT2D eigenvalue weighted by atomic mass is 16.5. The fraction of sp³-hybridized carbons (Fsp3) is 0.400. The Balaban J connectivity index is 1.88. The van der Waals surface area contributed by atoms with E-state index in [-0.39, 0.29) is 42.9 Å². The smallest absolute Gasteiger partial charge is 0.327 e. The number of nitrogens with zero attached hydrogens (tertiary/aromatic N) is 1. The van der Waals surface area contributed by atoms with Crippen molar-refractivity contribution in [3.05, 3.63) is 59.7 Å². The number of benzene rings is 2. The zero-order chi connectivity index (χ0) is 23.8. The minimum Gasteiger partial charge on any atom is -0.504 e. The van der Waals surface area contributed by atoms with Gasteiger partial charge in [0, 0.05) is 19.0 Å². The highest BCUT2D eigenvalue weighted by Gasteiger charge is 2.68. The van der Waals surface area contributed by atoms with Crippen molar-refractivity contribution >= 4 is 17.8 Å². The van der Waals surface area contributed by atoms with E-state index < -0.39 is 29.4 Å². The lowest BCUT2D eigenvalue weighted by Gasteiger charge is -2.33. The predicted octanol–water partition coefficient (Wildman–Crippen LogP) is 2.21. The van der Waals surface area contributed by atoms with Crippen LogP contribution in [0.4, 0.5) is 0 Å².